The van der Waals surface area contributed by atoms with Crippen LogP contribution in [0.25, 0.3) is 0 Å². The first-order valence-electron chi connectivity index (χ1n) is 3.70. The third-order valence-electron chi connectivity index (χ3n) is 1.45. The lowest BCUT2D eigenvalue weighted by molar-refractivity contribution is -0.145. The van der Waals surface area contributed by atoms with Crippen molar-refractivity contribution in [3.8, 4) is 0 Å². The molecule has 0 atom stereocenters. The molecule has 1 aliphatic rings. The van der Waals surface area contributed by atoms with Crippen LogP contribution in [0.2, 0.25) is 0 Å². The summed E-state index contributed by atoms with van der Waals surface area (Å²) < 4.78 is 0. The Morgan fingerprint density at radius 2 is 1.80 bits per heavy atom. The molecule has 9 heteroatoms. The van der Waals surface area contributed by atoms with Crippen molar-refractivity contribution in [2.24, 2.45) is 10.8 Å². The number of carbonyl (C=O) groups excluding carboxylic acids is 3. The summed E-state index contributed by atoms with van der Waals surface area (Å²) in [7, 11) is 1.42. The van der Waals surface area contributed by atoms with E-state index in [0.29, 0.717) is 0 Å². The normalized spacial score (nSPS) is 15.5. The van der Waals surface area contributed by atoms with E-state index in [-0.39, 0.29) is 11.1 Å². The molecule has 0 aromatic carbocycles. The molecule has 1 aliphatic heterocycles. The molecule has 0 unspecified atom stereocenters. The molecular formula is C6H7N5O3S. The summed E-state index contributed by atoms with van der Waals surface area (Å²) >= 11 is 4.57. The van der Waals surface area contributed by atoms with Crippen LogP contribution in [0.3, 0.4) is 0 Å². The molecule has 80 valence electrons. The first-order chi connectivity index (χ1) is 6.91. The molecule has 0 spiro atoms. The van der Waals surface area contributed by atoms with Crippen molar-refractivity contribution in [1.82, 2.24) is 15.6 Å². The monoisotopic (exact) mass is 229 g/mol. The second-order valence-electron chi connectivity index (χ2n) is 2.55. The molecule has 0 aromatic rings. The van der Waals surface area contributed by atoms with Crippen LogP contribution in [0.1, 0.15) is 0 Å². The topological polar surface area (TPSA) is 117 Å². The molecule has 1 rings (SSSR count). The van der Waals surface area contributed by atoms with Crippen LogP contribution >= 0.6 is 12.2 Å². The Hall–Kier alpha value is -2.03. The number of Topliss-reactive ketones (excluding diaryl/α,β-unsaturated/α-hetero) is 1. The molecule has 15 heavy (non-hydrogen) atoms. The lowest BCUT2D eigenvalue weighted by atomic mass is 10.3. The highest BCUT2D eigenvalue weighted by atomic mass is 32.1. The van der Waals surface area contributed by atoms with Gasteiger partial charge in [0, 0.05) is 7.05 Å². The van der Waals surface area contributed by atoms with Crippen molar-refractivity contribution in [2.45, 2.75) is 0 Å². The number of hydrogen-bond acceptors (Lipinski definition) is 5. The number of hydrazone groups is 1. The zero-order chi connectivity index (χ0) is 11.6. The van der Waals surface area contributed by atoms with Crippen molar-refractivity contribution in [2.75, 3.05) is 7.05 Å². The van der Waals surface area contributed by atoms with E-state index in [9.17, 15) is 14.4 Å². The molecule has 0 saturated carbocycles. The number of ketones is 1. The van der Waals surface area contributed by atoms with E-state index in [2.05, 4.69) is 28.0 Å². The van der Waals surface area contributed by atoms with Gasteiger partial charge in [-0.05, 0) is 12.2 Å². The van der Waals surface area contributed by atoms with E-state index in [1.807, 2.05) is 0 Å². The third kappa shape index (κ3) is 2.47. The zero-order valence-corrected chi connectivity index (χ0v) is 8.42. The van der Waals surface area contributed by atoms with Crippen molar-refractivity contribution in [1.29, 1.82) is 0 Å². The Morgan fingerprint density at radius 3 is 2.20 bits per heavy atom. The maximum atomic E-state index is 10.9. The Kier molecular flexibility index (Phi) is 2.95. The molecule has 2 amide bonds. The van der Waals surface area contributed by atoms with E-state index < -0.39 is 17.6 Å². The van der Waals surface area contributed by atoms with Gasteiger partial charge in [0.05, 0.1) is 0 Å². The smallest absolute Gasteiger partial charge is 0.308 e. The third-order valence-corrected chi connectivity index (χ3v) is 1.71. The van der Waals surface area contributed by atoms with Gasteiger partial charge in [0.1, 0.15) is 0 Å². The number of rotatable bonds is 1. The summed E-state index contributed by atoms with van der Waals surface area (Å²) in [5.74, 6) is -3.46. The standard InChI is InChI=1S/C6H7N5O3S/c1-11(5(7)15)10-6-8-3(13)2(12)4(14)9-6/h1H3,(H2,7,15)(H2,8,9,10,13,14). The van der Waals surface area contributed by atoms with Crippen molar-refractivity contribution >= 4 is 40.9 Å². The van der Waals surface area contributed by atoms with Crippen LogP contribution in [-0.4, -0.2) is 40.7 Å². The fourth-order valence-electron chi connectivity index (χ4n) is 0.712. The van der Waals surface area contributed by atoms with Gasteiger partial charge in [-0.15, -0.1) is 5.10 Å². The molecule has 0 radical (unpaired) electrons. The minimum atomic E-state index is -1.17. The fraction of sp³-hybridized carbons (Fsp3) is 0.167. The zero-order valence-electron chi connectivity index (χ0n) is 7.60. The number of nitrogens with one attached hydrogen (secondary N) is 2. The van der Waals surface area contributed by atoms with Gasteiger partial charge >= 0.3 is 17.6 Å². The van der Waals surface area contributed by atoms with E-state index in [1.165, 1.54) is 7.05 Å². The second-order valence-corrected chi connectivity index (χ2v) is 2.97. The Bertz CT molecular complexity index is 368. The number of nitrogens with zero attached hydrogens (tertiary/aromatic N) is 2. The molecule has 0 aromatic heterocycles. The highest BCUT2D eigenvalue weighted by molar-refractivity contribution is 7.80. The van der Waals surface area contributed by atoms with Gasteiger partial charge in [-0.3, -0.25) is 25.0 Å². The Balaban J connectivity index is 2.82. The number of guanidine groups is 1. The van der Waals surface area contributed by atoms with Crippen LogP contribution in [0.4, 0.5) is 0 Å². The van der Waals surface area contributed by atoms with Crippen LogP contribution in [-0.2, 0) is 14.4 Å². The average Bonchev–Trinajstić information content (AvgIpc) is 2.13. The molecule has 1 heterocycles. The molecular weight excluding hydrogens is 222 g/mol. The summed E-state index contributed by atoms with van der Waals surface area (Å²) in [5, 5.41) is 8.75. The molecule has 0 aliphatic carbocycles. The second kappa shape index (κ2) is 4.00. The maximum Gasteiger partial charge on any atom is 0.308 e. The first-order valence-corrected chi connectivity index (χ1v) is 4.11. The highest BCUT2D eigenvalue weighted by Crippen LogP contribution is 1.88. The molecule has 8 nitrogen and oxygen atoms in total. The van der Waals surface area contributed by atoms with Crippen molar-refractivity contribution in [3.05, 3.63) is 0 Å². The summed E-state index contributed by atoms with van der Waals surface area (Å²) in [6.07, 6.45) is 0. The highest BCUT2D eigenvalue weighted by Gasteiger charge is 2.30. The van der Waals surface area contributed by atoms with Gasteiger partial charge in [0.25, 0.3) is 0 Å². The predicted octanol–water partition coefficient (Wildman–Crippen LogP) is -2.75. The SMILES string of the molecule is CN(N=C1NC(=O)C(=O)C(=O)N1)C(N)=S. The van der Waals surface area contributed by atoms with Crippen molar-refractivity contribution < 1.29 is 14.4 Å². The van der Waals surface area contributed by atoms with Crippen LogP contribution in [0.15, 0.2) is 5.10 Å². The molecule has 0 bridgehead atoms. The lowest BCUT2D eigenvalue weighted by Gasteiger charge is -2.17. The number of thiocarbonyl (C=S) groups is 1. The summed E-state index contributed by atoms with van der Waals surface area (Å²) in [4.78, 5) is 32.5. The minimum Gasteiger partial charge on any atom is -0.375 e. The lowest BCUT2D eigenvalue weighted by Crippen LogP contribution is -2.57. The fourth-order valence-corrected chi connectivity index (χ4v) is 0.753. The molecule has 1 saturated heterocycles. The van der Waals surface area contributed by atoms with Gasteiger partial charge < -0.3 is 5.73 Å². The average molecular weight is 229 g/mol. The van der Waals surface area contributed by atoms with E-state index in [4.69, 9.17) is 5.73 Å². The van der Waals surface area contributed by atoms with Crippen LogP contribution < -0.4 is 16.4 Å². The number of amides is 2. The number of hydrogen-bond donors (Lipinski definition) is 3. The van der Waals surface area contributed by atoms with Gasteiger partial charge in [0.2, 0.25) is 5.96 Å². The van der Waals surface area contributed by atoms with Crippen LogP contribution in [0, 0.1) is 0 Å². The summed E-state index contributed by atoms with van der Waals surface area (Å²) in [5.41, 5.74) is 5.21. The maximum absolute atomic E-state index is 10.9. The van der Waals surface area contributed by atoms with Gasteiger partial charge in [-0.2, -0.15) is 0 Å². The Labute approximate surface area is 89.5 Å². The summed E-state index contributed by atoms with van der Waals surface area (Å²) in [6, 6.07) is 0. The molecule has 4 N–H and O–H groups in total. The van der Waals surface area contributed by atoms with Crippen molar-refractivity contribution in [3.63, 3.8) is 0 Å². The number of carbonyl (C=O) groups is 3. The van der Waals surface area contributed by atoms with E-state index in [0.717, 1.165) is 5.01 Å². The van der Waals surface area contributed by atoms with Gasteiger partial charge in [0.15, 0.2) is 5.11 Å². The quantitative estimate of drug-likeness (QED) is 0.255. The van der Waals surface area contributed by atoms with Crippen LogP contribution in [0.5, 0.6) is 0 Å². The minimum absolute atomic E-state index is 0.0529. The molecule has 1 fully saturated rings. The largest absolute Gasteiger partial charge is 0.375 e. The van der Waals surface area contributed by atoms with Gasteiger partial charge in [-0.25, -0.2) is 5.01 Å². The number of nitrogens with two attached hydrogens (primary N) is 1. The van der Waals surface area contributed by atoms with E-state index in [1.54, 1.807) is 0 Å². The van der Waals surface area contributed by atoms with E-state index >= 15 is 0 Å². The Morgan fingerprint density at radius 1 is 1.33 bits per heavy atom. The van der Waals surface area contributed by atoms with Gasteiger partial charge in [-0.1, -0.05) is 0 Å². The predicted molar refractivity (Wildman–Crippen MR) is 53.3 cm³/mol. The summed E-state index contributed by atoms with van der Waals surface area (Å²) in [6.45, 7) is 0. The first kappa shape index (κ1) is 11.0.